The minimum absolute atomic E-state index is 0.122. The van der Waals surface area contributed by atoms with Gasteiger partial charge in [0.1, 0.15) is 24.6 Å². The third kappa shape index (κ3) is 4.45. The predicted octanol–water partition coefficient (Wildman–Crippen LogP) is 2.52. The van der Waals surface area contributed by atoms with E-state index in [1.165, 1.54) is 12.8 Å². The molecule has 0 aromatic carbocycles. The molecule has 0 aliphatic carbocycles. The summed E-state index contributed by atoms with van der Waals surface area (Å²) in [6.07, 6.45) is 5.70. The van der Waals surface area contributed by atoms with E-state index in [1.807, 2.05) is 20.8 Å². The molecule has 0 amide bonds. The highest BCUT2D eigenvalue weighted by Crippen LogP contribution is 2.25. The number of aryl methyl sites for hydroxylation is 1. The lowest BCUT2D eigenvalue weighted by atomic mass is 10.2. The van der Waals surface area contributed by atoms with E-state index < -0.39 is 11.6 Å². The first-order chi connectivity index (χ1) is 11.9. The number of hydrogen-bond donors (Lipinski definition) is 0. The van der Waals surface area contributed by atoms with Gasteiger partial charge in [-0.3, -0.25) is 0 Å². The van der Waals surface area contributed by atoms with Gasteiger partial charge < -0.3 is 18.5 Å². The van der Waals surface area contributed by atoms with Gasteiger partial charge >= 0.3 is 5.97 Å². The number of hydrogen-bond acceptors (Lipinski definition) is 7. The van der Waals surface area contributed by atoms with Crippen LogP contribution >= 0.6 is 0 Å². The fourth-order valence-corrected chi connectivity index (χ4v) is 2.81. The highest BCUT2D eigenvalue weighted by molar-refractivity contribution is 5.71. The largest absolute Gasteiger partial charge is 0.458 e. The third-order valence-electron chi connectivity index (χ3n) is 3.84. The van der Waals surface area contributed by atoms with Crippen LogP contribution in [0.3, 0.4) is 0 Å². The number of esters is 1. The molecule has 8 heteroatoms. The third-order valence-corrected chi connectivity index (χ3v) is 3.84. The Bertz CT molecular complexity index is 729. The highest BCUT2D eigenvalue weighted by Gasteiger charge is 2.22. The van der Waals surface area contributed by atoms with Gasteiger partial charge in [0.25, 0.3) is 0 Å². The topological polar surface area (TPSA) is 92.3 Å². The van der Waals surface area contributed by atoms with Crippen molar-refractivity contribution >= 4 is 5.97 Å². The molecule has 1 aliphatic heterocycles. The van der Waals surface area contributed by atoms with E-state index in [1.54, 1.807) is 0 Å². The normalized spacial score (nSPS) is 14.8. The average Bonchev–Trinajstić information content (AvgIpc) is 3.06. The minimum Gasteiger partial charge on any atom is -0.458 e. The van der Waals surface area contributed by atoms with Crippen molar-refractivity contribution in [3.63, 3.8) is 0 Å². The average molecular weight is 348 g/mol. The van der Waals surface area contributed by atoms with Gasteiger partial charge in [0.15, 0.2) is 23.7 Å². The summed E-state index contributed by atoms with van der Waals surface area (Å²) in [7, 11) is 0. The number of carbonyl (C=O) groups excluding carboxylic acids is 1. The van der Waals surface area contributed by atoms with Crippen molar-refractivity contribution in [2.75, 3.05) is 6.61 Å². The summed E-state index contributed by atoms with van der Waals surface area (Å²) < 4.78 is 18.2. The summed E-state index contributed by atoms with van der Waals surface area (Å²) in [5.74, 6) is 1.80. The molecule has 25 heavy (non-hydrogen) atoms. The molecule has 0 saturated carbocycles. The summed E-state index contributed by atoms with van der Waals surface area (Å²) in [6.45, 7) is 6.30. The number of fused-ring (bicyclic) bond motifs is 1. The lowest BCUT2D eigenvalue weighted by Crippen LogP contribution is -2.26. The maximum absolute atomic E-state index is 11.7. The van der Waals surface area contributed by atoms with E-state index in [-0.39, 0.29) is 13.2 Å². The van der Waals surface area contributed by atoms with Crippen LogP contribution in [0.1, 0.15) is 51.6 Å². The molecule has 2 aromatic heterocycles. The molecule has 0 radical (unpaired) electrons. The van der Waals surface area contributed by atoms with Crippen LogP contribution in [0.25, 0.3) is 11.5 Å². The first-order valence-corrected chi connectivity index (χ1v) is 8.58. The van der Waals surface area contributed by atoms with E-state index in [0.717, 1.165) is 31.6 Å². The van der Waals surface area contributed by atoms with Crippen molar-refractivity contribution in [2.45, 2.75) is 65.2 Å². The molecule has 0 bridgehead atoms. The number of ether oxygens (including phenoxy) is 2. The first kappa shape index (κ1) is 17.6. The van der Waals surface area contributed by atoms with Gasteiger partial charge in [0.05, 0.1) is 0 Å². The Kier molecular flexibility index (Phi) is 5.17. The van der Waals surface area contributed by atoms with Crippen LogP contribution in [0.5, 0.6) is 0 Å². The minimum atomic E-state index is -0.531. The van der Waals surface area contributed by atoms with Gasteiger partial charge in [-0.15, -0.1) is 10.2 Å². The van der Waals surface area contributed by atoms with Crippen molar-refractivity contribution in [2.24, 2.45) is 0 Å². The van der Waals surface area contributed by atoms with Gasteiger partial charge in [0.2, 0.25) is 0 Å². The molecule has 8 nitrogen and oxygen atoms in total. The second kappa shape index (κ2) is 7.35. The van der Waals surface area contributed by atoms with E-state index in [0.29, 0.717) is 17.3 Å². The predicted molar refractivity (Wildman–Crippen MR) is 88.6 cm³/mol. The number of oxazole rings is 1. The molecular formula is C17H24N4O4. The summed E-state index contributed by atoms with van der Waals surface area (Å²) in [5, 5.41) is 8.56. The molecule has 2 aromatic rings. The number of aromatic nitrogens is 4. The van der Waals surface area contributed by atoms with Gasteiger partial charge in [-0.25, -0.2) is 9.78 Å². The number of nitrogens with zero attached hydrogens (tertiary/aromatic N) is 4. The van der Waals surface area contributed by atoms with Gasteiger partial charge in [-0.2, -0.15) is 0 Å². The summed E-state index contributed by atoms with van der Waals surface area (Å²) >= 11 is 0. The summed E-state index contributed by atoms with van der Waals surface area (Å²) in [6, 6.07) is 0. The van der Waals surface area contributed by atoms with Crippen molar-refractivity contribution < 1.29 is 18.7 Å². The highest BCUT2D eigenvalue weighted by atomic mass is 16.6. The Balaban J connectivity index is 1.66. The first-order valence-electron chi connectivity index (χ1n) is 8.58. The lowest BCUT2D eigenvalue weighted by Gasteiger charge is -2.19. The van der Waals surface area contributed by atoms with Crippen LogP contribution in [0, 0.1) is 0 Å². The van der Waals surface area contributed by atoms with Crippen LogP contribution in [0.15, 0.2) is 10.8 Å². The van der Waals surface area contributed by atoms with Crippen LogP contribution in [0.4, 0.5) is 0 Å². The number of rotatable bonds is 5. The molecule has 0 unspecified atom stereocenters. The Morgan fingerprint density at radius 1 is 1.28 bits per heavy atom. The maximum atomic E-state index is 11.7. The second-order valence-corrected chi connectivity index (χ2v) is 7.11. The second-order valence-electron chi connectivity index (χ2n) is 7.11. The van der Waals surface area contributed by atoms with E-state index in [4.69, 9.17) is 13.9 Å². The van der Waals surface area contributed by atoms with E-state index in [2.05, 4.69) is 19.7 Å². The molecule has 0 N–H and O–H groups in total. The monoisotopic (exact) mass is 348 g/mol. The maximum Gasteiger partial charge on any atom is 0.332 e. The van der Waals surface area contributed by atoms with Crippen LogP contribution in [-0.4, -0.2) is 37.9 Å². The zero-order valence-corrected chi connectivity index (χ0v) is 14.9. The van der Waals surface area contributed by atoms with E-state index >= 15 is 0 Å². The molecule has 136 valence electrons. The van der Waals surface area contributed by atoms with Gasteiger partial charge in [-0.05, 0) is 33.6 Å². The smallest absolute Gasteiger partial charge is 0.332 e. The Morgan fingerprint density at radius 2 is 2.12 bits per heavy atom. The Hall–Kier alpha value is -2.22. The molecule has 1 aliphatic rings. The molecule has 3 heterocycles. The SMILES string of the molecule is CC(C)(C)OC(=O)COCc1ocnc1-c1nnc2n1CCCCC2. The zero-order chi connectivity index (χ0) is 17.9. The number of carbonyl (C=O) groups is 1. The zero-order valence-electron chi connectivity index (χ0n) is 14.9. The van der Waals surface area contributed by atoms with Crippen molar-refractivity contribution in [3.8, 4) is 11.5 Å². The van der Waals surface area contributed by atoms with Crippen molar-refractivity contribution in [1.82, 2.24) is 19.7 Å². The fraction of sp³-hybridized carbons (Fsp3) is 0.647. The van der Waals surface area contributed by atoms with E-state index in [9.17, 15) is 4.79 Å². The molecule has 0 fully saturated rings. The molecule has 3 rings (SSSR count). The molecule has 0 spiro atoms. The molecule has 0 saturated heterocycles. The quantitative estimate of drug-likeness (QED) is 0.767. The van der Waals surface area contributed by atoms with Crippen molar-refractivity contribution in [1.29, 1.82) is 0 Å². The van der Waals surface area contributed by atoms with Gasteiger partial charge in [0, 0.05) is 13.0 Å². The summed E-state index contributed by atoms with van der Waals surface area (Å²) in [5.41, 5.74) is 0.0848. The van der Waals surface area contributed by atoms with Crippen molar-refractivity contribution in [3.05, 3.63) is 18.0 Å². The molecular weight excluding hydrogens is 324 g/mol. The Morgan fingerprint density at radius 3 is 2.92 bits per heavy atom. The van der Waals surface area contributed by atoms with Crippen LogP contribution in [0.2, 0.25) is 0 Å². The molecule has 0 atom stereocenters. The fourth-order valence-electron chi connectivity index (χ4n) is 2.81. The van der Waals surface area contributed by atoms with Crippen LogP contribution in [-0.2, 0) is 33.8 Å². The van der Waals surface area contributed by atoms with Gasteiger partial charge in [-0.1, -0.05) is 6.42 Å². The Labute approximate surface area is 146 Å². The standard InChI is InChI=1S/C17H24N4O4/c1-17(2,3)25-14(22)10-23-9-12-15(18-11-24-12)16-20-19-13-7-5-4-6-8-21(13)16/h11H,4-10H2,1-3H3. The van der Waals surface area contributed by atoms with Crippen LogP contribution < -0.4 is 0 Å². The lowest BCUT2D eigenvalue weighted by molar-refractivity contribution is -0.160. The summed E-state index contributed by atoms with van der Waals surface area (Å²) in [4.78, 5) is 16.0.